The Morgan fingerprint density at radius 1 is 1.11 bits per heavy atom. The van der Waals surface area contributed by atoms with Crippen LogP contribution in [0.25, 0.3) is 0 Å². The van der Waals surface area contributed by atoms with Gasteiger partial charge >= 0.3 is 0 Å². The largest absolute Gasteiger partial charge is 0.113 e. The first-order valence-corrected chi connectivity index (χ1v) is 2.68. The second-order valence-corrected chi connectivity index (χ2v) is 1.99. The van der Waals surface area contributed by atoms with Crippen molar-refractivity contribution in [3.8, 4) is 0 Å². The van der Waals surface area contributed by atoms with E-state index in [1.807, 2.05) is 0 Å². The molecule has 49 valence electrons. The molecule has 0 atom stereocenters. The van der Waals surface area contributed by atoms with Gasteiger partial charge in [0, 0.05) is 27.4 Å². The third-order valence-electron chi connectivity index (χ3n) is 0.870. The summed E-state index contributed by atoms with van der Waals surface area (Å²) >= 11 is 5.56. The van der Waals surface area contributed by atoms with Crippen LogP contribution < -0.4 is 5.46 Å². The average molecular weight is 230 g/mol. The van der Waals surface area contributed by atoms with Gasteiger partial charge in [-0.1, -0.05) is 29.2 Å². The zero-order chi connectivity index (χ0) is 5.98. The van der Waals surface area contributed by atoms with E-state index < -0.39 is 0 Å². The molecule has 0 aromatic heterocycles. The molecule has 0 nitrogen and oxygen atoms in total. The number of hydrogen-bond acceptors (Lipinski definition) is 0. The van der Waals surface area contributed by atoms with Crippen LogP contribution in [-0.2, 0) is 22.4 Å². The molecule has 0 aliphatic carbocycles. The SMILES string of the molecule is [Ag].[B]c1ccc(Cl)cc1. The second-order valence-electron chi connectivity index (χ2n) is 1.55. The summed E-state index contributed by atoms with van der Waals surface area (Å²) in [6.45, 7) is 0. The van der Waals surface area contributed by atoms with Crippen molar-refractivity contribution in [2.75, 3.05) is 0 Å². The Balaban J connectivity index is 0.000000640. The Labute approximate surface area is 76.5 Å². The Morgan fingerprint density at radius 3 is 1.89 bits per heavy atom. The summed E-state index contributed by atoms with van der Waals surface area (Å²) < 4.78 is 0. The maximum Gasteiger partial charge on any atom is 0.113 e. The Bertz CT molecular complexity index is 152. The van der Waals surface area contributed by atoms with Crippen LogP contribution in [0.2, 0.25) is 5.02 Å². The van der Waals surface area contributed by atoms with Crippen LogP contribution in [0.4, 0.5) is 0 Å². The van der Waals surface area contributed by atoms with E-state index in [9.17, 15) is 0 Å². The predicted octanol–water partition coefficient (Wildman–Crippen LogP) is 1.13. The molecule has 3 heteroatoms. The summed E-state index contributed by atoms with van der Waals surface area (Å²) in [4.78, 5) is 0. The van der Waals surface area contributed by atoms with E-state index in [0.717, 1.165) is 10.5 Å². The van der Waals surface area contributed by atoms with Crippen molar-refractivity contribution in [3.63, 3.8) is 0 Å². The van der Waals surface area contributed by atoms with Crippen molar-refractivity contribution in [2.45, 2.75) is 0 Å². The molecular weight excluding hydrogens is 226 g/mol. The van der Waals surface area contributed by atoms with Gasteiger partial charge in [-0.3, -0.25) is 0 Å². The monoisotopic (exact) mass is 229 g/mol. The van der Waals surface area contributed by atoms with Gasteiger partial charge in [0.05, 0.1) is 0 Å². The van der Waals surface area contributed by atoms with Crippen molar-refractivity contribution in [2.24, 2.45) is 0 Å². The molecule has 3 radical (unpaired) electrons. The number of benzene rings is 1. The fraction of sp³-hybridized carbons (Fsp3) is 0. The van der Waals surface area contributed by atoms with Gasteiger partial charge in [-0.25, -0.2) is 0 Å². The van der Waals surface area contributed by atoms with Crippen molar-refractivity contribution in [1.29, 1.82) is 0 Å². The van der Waals surface area contributed by atoms with Gasteiger partial charge < -0.3 is 0 Å². The summed E-state index contributed by atoms with van der Waals surface area (Å²) in [5, 5.41) is 0.721. The summed E-state index contributed by atoms with van der Waals surface area (Å²) in [6, 6.07) is 7.05. The van der Waals surface area contributed by atoms with Crippen LogP contribution in [0, 0.1) is 0 Å². The normalized spacial score (nSPS) is 8.11. The number of hydrogen-bond donors (Lipinski definition) is 0. The van der Waals surface area contributed by atoms with E-state index >= 15 is 0 Å². The first-order chi connectivity index (χ1) is 3.79. The minimum atomic E-state index is 0. The Hall–Kier alpha value is 0.315. The van der Waals surface area contributed by atoms with Crippen LogP contribution in [0.15, 0.2) is 24.3 Å². The van der Waals surface area contributed by atoms with Crippen LogP contribution in [0.1, 0.15) is 0 Å². The topological polar surface area (TPSA) is 0 Å². The minimum absolute atomic E-state index is 0. The quantitative estimate of drug-likeness (QED) is 0.586. The standard InChI is InChI=1S/C6H4BCl.Ag/c7-5-1-3-6(8)4-2-5;/h1-4H;. The van der Waals surface area contributed by atoms with Crippen molar-refractivity contribution in [1.82, 2.24) is 0 Å². The fourth-order valence-corrected chi connectivity index (χ4v) is 0.589. The third kappa shape index (κ3) is 3.12. The van der Waals surface area contributed by atoms with Gasteiger partial charge in [0.25, 0.3) is 0 Å². The molecule has 0 aliphatic heterocycles. The van der Waals surface area contributed by atoms with Crippen LogP contribution >= 0.6 is 11.6 Å². The smallest absolute Gasteiger partial charge is 0.0966 e. The van der Waals surface area contributed by atoms with E-state index in [0.29, 0.717) is 0 Å². The minimum Gasteiger partial charge on any atom is -0.0966 e. The maximum atomic E-state index is 5.56. The van der Waals surface area contributed by atoms with E-state index in [1.54, 1.807) is 24.3 Å². The molecule has 1 aromatic carbocycles. The van der Waals surface area contributed by atoms with Crippen molar-refractivity contribution in [3.05, 3.63) is 29.3 Å². The second kappa shape index (κ2) is 4.18. The van der Waals surface area contributed by atoms with E-state index in [-0.39, 0.29) is 22.4 Å². The molecule has 0 bridgehead atoms. The summed E-state index contributed by atoms with van der Waals surface area (Å²) in [7, 11) is 5.37. The number of halogens is 1. The van der Waals surface area contributed by atoms with E-state index in [1.165, 1.54) is 0 Å². The molecule has 0 amide bonds. The first kappa shape index (κ1) is 9.32. The molecule has 0 fully saturated rings. The van der Waals surface area contributed by atoms with Gasteiger partial charge in [-0.15, -0.1) is 0 Å². The van der Waals surface area contributed by atoms with Crippen molar-refractivity contribution >= 4 is 24.9 Å². The molecule has 0 unspecified atom stereocenters. The van der Waals surface area contributed by atoms with Gasteiger partial charge in [0.15, 0.2) is 0 Å². The molecule has 1 aromatic rings. The average Bonchev–Trinajstić information content (AvgIpc) is 1.77. The van der Waals surface area contributed by atoms with E-state index in [2.05, 4.69) is 0 Å². The number of rotatable bonds is 0. The molecule has 1 rings (SSSR count). The third-order valence-corrected chi connectivity index (χ3v) is 1.12. The summed E-state index contributed by atoms with van der Waals surface area (Å²) in [6.07, 6.45) is 0. The molecular formula is C6H4AgBCl. The first-order valence-electron chi connectivity index (χ1n) is 2.30. The van der Waals surface area contributed by atoms with Crippen LogP contribution in [0.5, 0.6) is 0 Å². The molecule has 0 saturated heterocycles. The van der Waals surface area contributed by atoms with Crippen LogP contribution in [-0.4, -0.2) is 7.85 Å². The predicted molar refractivity (Wildman–Crippen MR) is 36.8 cm³/mol. The summed E-state index contributed by atoms with van der Waals surface area (Å²) in [5.41, 5.74) is 0.745. The van der Waals surface area contributed by atoms with Crippen LogP contribution in [0.3, 0.4) is 0 Å². The van der Waals surface area contributed by atoms with Crippen molar-refractivity contribution < 1.29 is 22.4 Å². The maximum absolute atomic E-state index is 5.56. The van der Waals surface area contributed by atoms with Gasteiger partial charge in [0.2, 0.25) is 0 Å². The van der Waals surface area contributed by atoms with E-state index in [4.69, 9.17) is 19.4 Å². The zero-order valence-electron chi connectivity index (χ0n) is 4.57. The van der Waals surface area contributed by atoms with Gasteiger partial charge in [-0.2, -0.15) is 0 Å². The molecule has 0 N–H and O–H groups in total. The zero-order valence-corrected chi connectivity index (χ0v) is 6.80. The molecule has 9 heavy (non-hydrogen) atoms. The van der Waals surface area contributed by atoms with Gasteiger partial charge in [0.1, 0.15) is 7.85 Å². The van der Waals surface area contributed by atoms with Gasteiger partial charge in [-0.05, 0) is 12.1 Å². The molecule has 0 aliphatic rings. The summed E-state index contributed by atoms with van der Waals surface area (Å²) in [5.74, 6) is 0. The fourth-order valence-electron chi connectivity index (χ4n) is 0.463. The Kier molecular flexibility index (Phi) is 4.33. The molecule has 0 spiro atoms. The molecule has 0 heterocycles. The molecule has 0 saturated carbocycles. The Morgan fingerprint density at radius 2 is 1.56 bits per heavy atom.